The van der Waals surface area contributed by atoms with Crippen molar-refractivity contribution in [3.63, 3.8) is 0 Å². The molecule has 0 atom stereocenters. The Labute approximate surface area is 123 Å². The largest absolute Gasteiger partial charge is 0.398 e. The first-order valence-corrected chi connectivity index (χ1v) is 7.72. The van der Waals surface area contributed by atoms with Crippen LogP contribution in [-0.2, 0) is 6.54 Å². The lowest BCUT2D eigenvalue weighted by molar-refractivity contribution is 0.0733. The van der Waals surface area contributed by atoms with Crippen LogP contribution in [0.1, 0.15) is 33.6 Å². The van der Waals surface area contributed by atoms with Crippen LogP contribution in [0, 0.1) is 6.92 Å². The molecule has 0 radical (unpaired) electrons. The summed E-state index contributed by atoms with van der Waals surface area (Å²) in [5.41, 5.74) is 8.29. The number of hydrogen-bond acceptors (Lipinski definition) is 3. The van der Waals surface area contributed by atoms with E-state index in [4.69, 9.17) is 5.73 Å². The summed E-state index contributed by atoms with van der Waals surface area (Å²) < 4.78 is 0. The molecule has 2 N–H and O–H groups in total. The van der Waals surface area contributed by atoms with Gasteiger partial charge in [-0.1, -0.05) is 12.1 Å². The Morgan fingerprint density at radius 3 is 2.80 bits per heavy atom. The fourth-order valence-corrected chi connectivity index (χ4v) is 3.06. The van der Waals surface area contributed by atoms with Crippen molar-refractivity contribution in [3.05, 3.63) is 51.7 Å². The monoisotopic (exact) mass is 286 g/mol. The zero-order valence-corrected chi connectivity index (χ0v) is 12.3. The van der Waals surface area contributed by atoms with Gasteiger partial charge < -0.3 is 10.6 Å². The lowest BCUT2D eigenvalue weighted by Crippen LogP contribution is -2.32. The lowest BCUT2D eigenvalue weighted by atomic mass is 10.1. The Hall–Kier alpha value is -1.81. The molecule has 0 unspecified atom stereocenters. The maximum absolute atomic E-state index is 12.7. The highest BCUT2D eigenvalue weighted by atomic mass is 32.1. The van der Waals surface area contributed by atoms with Crippen molar-refractivity contribution in [2.24, 2.45) is 0 Å². The first-order chi connectivity index (χ1) is 9.65. The summed E-state index contributed by atoms with van der Waals surface area (Å²) in [5, 5.41) is 2.05. The summed E-state index contributed by atoms with van der Waals surface area (Å²) in [6.45, 7) is 2.67. The summed E-state index contributed by atoms with van der Waals surface area (Å²) >= 11 is 1.69. The van der Waals surface area contributed by atoms with Crippen molar-refractivity contribution in [2.75, 3.05) is 5.73 Å². The van der Waals surface area contributed by atoms with Crippen LogP contribution in [0.25, 0.3) is 0 Å². The lowest BCUT2D eigenvalue weighted by Gasteiger charge is -2.22. The van der Waals surface area contributed by atoms with E-state index in [1.807, 2.05) is 41.5 Å². The maximum atomic E-state index is 12.7. The van der Waals surface area contributed by atoms with Crippen LogP contribution >= 0.6 is 11.3 Å². The van der Waals surface area contributed by atoms with Crippen molar-refractivity contribution in [2.45, 2.75) is 32.4 Å². The van der Waals surface area contributed by atoms with Gasteiger partial charge in [-0.05, 0) is 48.9 Å². The Kier molecular flexibility index (Phi) is 3.49. The summed E-state index contributed by atoms with van der Waals surface area (Å²) in [7, 11) is 0. The number of hydrogen-bond donors (Lipinski definition) is 1. The van der Waals surface area contributed by atoms with E-state index in [9.17, 15) is 4.79 Å². The molecule has 4 heteroatoms. The first-order valence-electron chi connectivity index (χ1n) is 6.84. The van der Waals surface area contributed by atoms with Crippen molar-refractivity contribution in [1.29, 1.82) is 0 Å². The minimum atomic E-state index is 0.0541. The third-order valence-electron chi connectivity index (χ3n) is 3.59. The second kappa shape index (κ2) is 5.29. The summed E-state index contributed by atoms with van der Waals surface area (Å²) in [4.78, 5) is 15.9. The van der Waals surface area contributed by atoms with E-state index in [0.29, 0.717) is 23.8 Å². The maximum Gasteiger partial charge on any atom is 0.256 e. The van der Waals surface area contributed by atoms with Crippen LogP contribution in [-0.4, -0.2) is 16.8 Å². The molecule has 0 saturated heterocycles. The van der Waals surface area contributed by atoms with E-state index < -0.39 is 0 Å². The molecule has 2 aromatic rings. The van der Waals surface area contributed by atoms with Gasteiger partial charge in [0.15, 0.2) is 0 Å². The SMILES string of the molecule is Cc1ccc(C(=O)N(Cc2cccs2)C2CC2)c(N)c1. The fraction of sp³-hybridized carbons (Fsp3) is 0.312. The number of benzene rings is 1. The number of thiophene rings is 1. The molecule has 1 amide bonds. The van der Waals surface area contributed by atoms with Crippen molar-refractivity contribution >= 4 is 22.9 Å². The van der Waals surface area contributed by atoms with Gasteiger partial charge in [0.1, 0.15) is 0 Å². The van der Waals surface area contributed by atoms with Crippen LogP contribution in [0.5, 0.6) is 0 Å². The van der Waals surface area contributed by atoms with Crippen molar-refractivity contribution in [1.82, 2.24) is 4.90 Å². The van der Waals surface area contributed by atoms with E-state index in [2.05, 4.69) is 6.07 Å². The molecule has 1 aromatic carbocycles. The third-order valence-corrected chi connectivity index (χ3v) is 4.45. The Balaban J connectivity index is 1.85. The number of rotatable bonds is 4. The number of carbonyl (C=O) groups excluding carboxylic acids is 1. The standard InChI is InChI=1S/C16H18N2OS/c1-11-4-7-14(15(17)9-11)16(19)18(12-5-6-12)10-13-3-2-8-20-13/h2-4,7-9,12H,5-6,10,17H2,1H3. The molecule has 3 nitrogen and oxygen atoms in total. The quantitative estimate of drug-likeness (QED) is 0.875. The zero-order valence-electron chi connectivity index (χ0n) is 11.5. The molecule has 104 valence electrons. The van der Waals surface area contributed by atoms with Gasteiger partial charge in [0.2, 0.25) is 0 Å². The van der Waals surface area contributed by atoms with Crippen LogP contribution in [0.2, 0.25) is 0 Å². The van der Waals surface area contributed by atoms with Crippen LogP contribution < -0.4 is 5.73 Å². The molecule has 0 aliphatic heterocycles. The van der Waals surface area contributed by atoms with Crippen molar-refractivity contribution in [3.8, 4) is 0 Å². The Morgan fingerprint density at radius 1 is 1.40 bits per heavy atom. The minimum absolute atomic E-state index is 0.0541. The van der Waals surface area contributed by atoms with Gasteiger partial charge in [0, 0.05) is 16.6 Å². The molecular formula is C16H18N2OS. The predicted molar refractivity (Wildman–Crippen MR) is 82.8 cm³/mol. The fourth-order valence-electron chi connectivity index (χ4n) is 2.35. The molecule has 1 fully saturated rings. The second-order valence-electron chi connectivity index (χ2n) is 5.33. The van der Waals surface area contributed by atoms with Gasteiger partial charge in [0.05, 0.1) is 12.1 Å². The van der Waals surface area contributed by atoms with E-state index in [0.717, 1.165) is 18.4 Å². The van der Waals surface area contributed by atoms with E-state index >= 15 is 0 Å². The summed E-state index contributed by atoms with van der Waals surface area (Å²) in [6, 6.07) is 10.1. The van der Waals surface area contributed by atoms with Gasteiger partial charge in [-0.25, -0.2) is 0 Å². The topological polar surface area (TPSA) is 46.3 Å². The number of nitrogens with two attached hydrogens (primary N) is 1. The predicted octanol–water partition coefficient (Wildman–Crippen LogP) is 3.44. The molecule has 0 bridgehead atoms. The van der Waals surface area contributed by atoms with Crippen LogP contribution in [0.15, 0.2) is 35.7 Å². The molecule has 0 spiro atoms. The van der Waals surface area contributed by atoms with Gasteiger partial charge in [-0.3, -0.25) is 4.79 Å². The number of nitrogen functional groups attached to an aromatic ring is 1. The first kappa shape index (κ1) is 13.2. The molecule has 20 heavy (non-hydrogen) atoms. The number of aryl methyl sites for hydroxylation is 1. The molecular weight excluding hydrogens is 268 g/mol. The third kappa shape index (κ3) is 2.70. The highest BCUT2D eigenvalue weighted by Crippen LogP contribution is 2.31. The number of nitrogens with zero attached hydrogens (tertiary/aromatic N) is 1. The average Bonchev–Trinajstić information content (AvgIpc) is 3.12. The number of anilines is 1. The van der Waals surface area contributed by atoms with E-state index in [1.54, 1.807) is 11.3 Å². The highest BCUT2D eigenvalue weighted by molar-refractivity contribution is 7.09. The number of carbonyl (C=O) groups is 1. The summed E-state index contributed by atoms with van der Waals surface area (Å²) in [6.07, 6.45) is 2.20. The zero-order chi connectivity index (χ0) is 14.1. The summed E-state index contributed by atoms with van der Waals surface area (Å²) in [5.74, 6) is 0.0541. The molecule has 1 saturated carbocycles. The van der Waals surface area contributed by atoms with E-state index in [1.165, 1.54) is 4.88 Å². The Bertz CT molecular complexity index is 617. The van der Waals surface area contributed by atoms with Gasteiger partial charge in [-0.2, -0.15) is 0 Å². The molecule has 3 rings (SSSR count). The van der Waals surface area contributed by atoms with Gasteiger partial charge >= 0.3 is 0 Å². The second-order valence-corrected chi connectivity index (χ2v) is 6.37. The average molecular weight is 286 g/mol. The molecule has 1 aliphatic rings. The molecule has 1 heterocycles. The highest BCUT2D eigenvalue weighted by Gasteiger charge is 2.33. The van der Waals surface area contributed by atoms with Gasteiger partial charge in [-0.15, -0.1) is 11.3 Å². The minimum Gasteiger partial charge on any atom is -0.398 e. The smallest absolute Gasteiger partial charge is 0.256 e. The molecule has 1 aromatic heterocycles. The normalized spacial score (nSPS) is 14.2. The van der Waals surface area contributed by atoms with Crippen molar-refractivity contribution < 1.29 is 4.79 Å². The van der Waals surface area contributed by atoms with Gasteiger partial charge in [0.25, 0.3) is 5.91 Å². The Morgan fingerprint density at radius 2 is 2.20 bits per heavy atom. The number of amides is 1. The van der Waals surface area contributed by atoms with E-state index in [-0.39, 0.29) is 5.91 Å². The van der Waals surface area contributed by atoms with Crippen LogP contribution in [0.3, 0.4) is 0 Å². The van der Waals surface area contributed by atoms with Crippen LogP contribution in [0.4, 0.5) is 5.69 Å². The molecule has 1 aliphatic carbocycles.